The molecule has 0 radical (unpaired) electrons. The van der Waals surface area contributed by atoms with Crippen LogP contribution in [0.4, 0.5) is 0 Å². The highest BCUT2D eigenvalue weighted by Crippen LogP contribution is 2.60. The number of hydrogen-bond acceptors (Lipinski definition) is 5. The van der Waals surface area contributed by atoms with Gasteiger partial charge in [-0.25, -0.2) is 0 Å². The Kier molecular flexibility index (Phi) is 4.98. The molecule has 0 heterocycles. The molecule has 0 aromatic rings. The first-order valence-corrected chi connectivity index (χ1v) is 10.1. The highest BCUT2D eigenvalue weighted by atomic mass is 16.4. The second-order valence-electron chi connectivity index (χ2n) is 8.33. The number of nitrogens with two attached hydrogens (primary N) is 2. The molecule has 0 aromatic carbocycles. The Hall–Kier alpha value is -1.35. The van der Waals surface area contributed by atoms with Gasteiger partial charge in [-0.2, -0.15) is 0 Å². The van der Waals surface area contributed by atoms with Crippen molar-refractivity contribution in [3.63, 3.8) is 0 Å². The Morgan fingerprint density at radius 1 is 1.12 bits per heavy atom. The summed E-state index contributed by atoms with van der Waals surface area (Å²) in [6.45, 7) is 4.00. The van der Waals surface area contributed by atoms with E-state index in [4.69, 9.17) is 23.1 Å². The molecule has 4 aliphatic carbocycles. The average molecular weight is 360 g/mol. The number of rotatable bonds is 0. The number of nitrogens with zero attached hydrogens (tertiary/aromatic N) is 1. The van der Waals surface area contributed by atoms with Crippen molar-refractivity contribution >= 4 is 5.71 Å². The van der Waals surface area contributed by atoms with Crippen molar-refractivity contribution < 1.29 is 10.3 Å². The fourth-order valence-corrected chi connectivity index (χ4v) is 6.33. The van der Waals surface area contributed by atoms with Gasteiger partial charge in [0, 0.05) is 11.5 Å². The van der Waals surface area contributed by atoms with Crippen LogP contribution in [0.3, 0.4) is 0 Å². The first-order valence-electron chi connectivity index (χ1n) is 10.1. The third-order valence-electron chi connectivity index (χ3n) is 7.66. The van der Waals surface area contributed by atoms with Crippen molar-refractivity contribution in [2.45, 2.75) is 81.9 Å². The number of terminal acetylenes is 1. The van der Waals surface area contributed by atoms with Crippen LogP contribution in [-0.2, 0) is 0 Å². The molecule has 26 heavy (non-hydrogen) atoms. The topological polar surface area (TPSA) is 105 Å². The average Bonchev–Trinajstić information content (AvgIpc) is 3.01. The van der Waals surface area contributed by atoms with Crippen molar-refractivity contribution in [2.24, 2.45) is 34.4 Å². The van der Waals surface area contributed by atoms with Crippen molar-refractivity contribution in [2.75, 3.05) is 0 Å². The maximum atomic E-state index is 10.8. The minimum atomic E-state index is -0.965. The standard InChI is InChI=1S/C19H27N3O2.C2H6/c1-2-17(23)8-6-14-15(17)7-10-19(21)16(14)4-3-12-11-13(22-24)5-9-18(12,19)20;1-2/h1,11,14-16,23-24H,3-10,20-21H2;1-2H3/b22-13+;/t14-,15?,16?,17+,18?,19-;/m1./s1. The second-order valence-corrected chi connectivity index (χ2v) is 8.33. The van der Waals surface area contributed by atoms with Gasteiger partial charge < -0.3 is 21.8 Å². The molecule has 0 spiro atoms. The van der Waals surface area contributed by atoms with Crippen LogP contribution in [0.5, 0.6) is 0 Å². The van der Waals surface area contributed by atoms with Gasteiger partial charge in [-0.3, -0.25) is 0 Å². The summed E-state index contributed by atoms with van der Waals surface area (Å²) in [6.07, 6.45) is 14.1. The lowest BCUT2D eigenvalue weighted by atomic mass is 9.48. The highest BCUT2D eigenvalue weighted by Gasteiger charge is 2.64. The molecular weight excluding hydrogens is 326 g/mol. The number of oxime groups is 1. The quantitative estimate of drug-likeness (QED) is 0.303. The summed E-state index contributed by atoms with van der Waals surface area (Å²) < 4.78 is 0. The largest absolute Gasteiger partial charge is 0.411 e. The number of hydrogen-bond donors (Lipinski definition) is 4. The lowest BCUT2D eigenvalue weighted by molar-refractivity contribution is -0.0381. The maximum Gasteiger partial charge on any atom is 0.128 e. The predicted molar refractivity (Wildman–Crippen MR) is 104 cm³/mol. The van der Waals surface area contributed by atoms with Gasteiger partial charge in [-0.15, -0.1) is 6.42 Å². The van der Waals surface area contributed by atoms with Gasteiger partial charge in [0.25, 0.3) is 0 Å². The summed E-state index contributed by atoms with van der Waals surface area (Å²) in [5.41, 5.74) is 13.8. The monoisotopic (exact) mass is 359 g/mol. The summed E-state index contributed by atoms with van der Waals surface area (Å²) >= 11 is 0. The zero-order chi connectivity index (χ0) is 19.2. The van der Waals surface area contributed by atoms with E-state index in [1.807, 2.05) is 19.9 Å². The number of allylic oxidation sites excluding steroid dienone is 1. The molecule has 0 aliphatic heterocycles. The third kappa shape index (κ3) is 2.46. The van der Waals surface area contributed by atoms with Crippen LogP contribution in [0.2, 0.25) is 0 Å². The van der Waals surface area contributed by atoms with E-state index in [2.05, 4.69) is 11.1 Å². The molecule has 3 unspecified atom stereocenters. The van der Waals surface area contributed by atoms with Crippen LogP contribution in [-0.4, -0.2) is 32.7 Å². The molecule has 4 rings (SSSR count). The zero-order valence-electron chi connectivity index (χ0n) is 16.0. The van der Waals surface area contributed by atoms with E-state index in [9.17, 15) is 5.11 Å². The molecule has 4 aliphatic rings. The van der Waals surface area contributed by atoms with Crippen molar-refractivity contribution in [1.82, 2.24) is 0 Å². The van der Waals surface area contributed by atoms with E-state index in [0.29, 0.717) is 30.4 Å². The predicted octanol–water partition coefficient (Wildman–Crippen LogP) is 2.55. The highest BCUT2D eigenvalue weighted by molar-refractivity contribution is 5.96. The van der Waals surface area contributed by atoms with Gasteiger partial charge in [-0.05, 0) is 74.9 Å². The van der Waals surface area contributed by atoms with Crippen molar-refractivity contribution in [3.8, 4) is 12.3 Å². The Morgan fingerprint density at radius 3 is 2.50 bits per heavy atom. The van der Waals surface area contributed by atoms with E-state index in [1.165, 1.54) is 0 Å². The molecule has 5 heteroatoms. The molecule has 6 N–H and O–H groups in total. The first kappa shape index (κ1) is 19.4. The molecule has 3 saturated carbocycles. The Bertz CT molecular complexity index is 667. The number of fused-ring (bicyclic) bond motifs is 5. The normalized spacial score (nSPS) is 48.2. The Labute approximate surface area is 156 Å². The maximum absolute atomic E-state index is 10.8. The van der Waals surface area contributed by atoms with Gasteiger partial charge in [-0.1, -0.05) is 24.9 Å². The summed E-state index contributed by atoms with van der Waals surface area (Å²) in [5, 5.41) is 23.2. The molecule has 5 nitrogen and oxygen atoms in total. The van der Waals surface area contributed by atoms with Gasteiger partial charge in [0.05, 0.1) is 11.3 Å². The minimum Gasteiger partial charge on any atom is -0.411 e. The van der Waals surface area contributed by atoms with Crippen LogP contribution >= 0.6 is 0 Å². The summed E-state index contributed by atoms with van der Waals surface area (Å²) in [4.78, 5) is 0. The molecular formula is C21H33N3O2. The van der Waals surface area contributed by atoms with Gasteiger partial charge >= 0.3 is 0 Å². The lowest BCUT2D eigenvalue weighted by Gasteiger charge is -2.61. The summed E-state index contributed by atoms with van der Waals surface area (Å²) in [6, 6.07) is 0. The van der Waals surface area contributed by atoms with E-state index >= 15 is 0 Å². The van der Waals surface area contributed by atoms with Gasteiger partial charge in [0.2, 0.25) is 0 Å². The van der Waals surface area contributed by atoms with Gasteiger partial charge in [0.1, 0.15) is 5.60 Å². The van der Waals surface area contributed by atoms with E-state index in [0.717, 1.165) is 44.1 Å². The fraction of sp³-hybridized carbons (Fsp3) is 0.762. The molecule has 0 saturated heterocycles. The van der Waals surface area contributed by atoms with Crippen molar-refractivity contribution in [1.29, 1.82) is 0 Å². The van der Waals surface area contributed by atoms with Crippen LogP contribution in [0.15, 0.2) is 16.8 Å². The first-order chi connectivity index (χ1) is 12.4. The molecule has 0 aromatic heterocycles. The van der Waals surface area contributed by atoms with Crippen LogP contribution in [0.25, 0.3) is 0 Å². The third-order valence-corrected chi connectivity index (χ3v) is 7.66. The van der Waals surface area contributed by atoms with Crippen LogP contribution in [0.1, 0.15) is 65.2 Å². The number of aliphatic hydroxyl groups is 1. The zero-order valence-corrected chi connectivity index (χ0v) is 16.0. The molecule has 0 amide bonds. The van der Waals surface area contributed by atoms with Crippen molar-refractivity contribution in [3.05, 3.63) is 11.6 Å². The summed E-state index contributed by atoms with van der Waals surface area (Å²) in [5.74, 6) is 3.47. The Morgan fingerprint density at radius 2 is 1.85 bits per heavy atom. The SMILES string of the molecule is C#C[C@]1(O)CC[C@H]2C3CCC4=C/C(=N/O)CCC4(N)[C@@]3(N)CCC21.CC. The molecule has 0 bridgehead atoms. The summed E-state index contributed by atoms with van der Waals surface area (Å²) in [7, 11) is 0. The lowest BCUT2D eigenvalue weighted by Crippen LogP contribution is -2.75. The molecule has 6 atom stereocenters. The second kappa shape index (κ2) is 6.67. The van der Waals surface area contributed by atoms with E-state index < -0.39 is 16.7 Å². The van der Waals surface area contributed by atoms with E-state index in [-0.39, 0.29) is 5.92 Å². The van der Waals surface area contributed by atoms with Crippen LogP contribution < -0.4 is 11.5 Å². The van der Waals surface area contributed by atoms with Crippen LogP contribution in [0, 0.1) is 30.1 Å². The Balaban J connectivity index is 0.000000948. The fourth-order valence-electron chi connectivity index (χ4n) is 6.33. The molecule has 144 valence electrons. The molecule has 3 fully saturated rings. The minimum absolute atomic E-state index is 0.150. The smallest absolute Gasteiger partial charge is 0.128 e. The van der Waals surface area contributed by atoms with Gasteiger partial charge in [0.15, 0.2) is 0 Å². The van der Waals surface area contributed by atoms with E-state index in [1.54, 1.807) is 0 Å².